The van der Waals surface area contributed by atoms with Crippen LogP contribution in [0.15, 0.2) is 6.33 Å². The maximum absolute atomic E-state index is 11.7. The van der Waals surface area contributed by atoms with Gasteiger partial charge >= 0.3 is 0 Å². The summed E-state index contributed by atoms with van der Waals surface area (Å²) >= 11 is 0. The third kappa shape index (κ3) is 2.46. The number of aromatic nitrogens is 3. The van der Waals surface area contributed by atoms with Crippen LogP contribution in [-0.2, 0) is 0 Å². The molecule has 92 valence electrons. The molecule has 3 rings (SSSR count). The number of hydrogen-bond donors (Lipinski definition) is 2. The Balaban J connectivity index is 1.48. The van der Waals surface area contributed by atoms with Crippen LogP contribution in [0.3, 0.4) is 0 Å². The molecule has 1 aliphatic carbocycles. The highest BCUT2D eigenvalue weighted by molar-refractivity contribution is 5.90. The smallest absolute Gasteiger partial charge is 0.288 e. The van der Waals surface area contributed by atoms with Gasteiger partial charge in [-0.15, -0.1) is 0 Å². The SMILES string of the molecule is O=C(NC1CCN(C2CC2)CC1)c1ncn[nH]1. The molecular weight excluding hydrogens is 218 g/mol. The molecule has 1 amide bonds. The van der Waals surface area contributed by atoms with E-state index < -0.39 is 0 Å². The van der Waals surface area contributed by atoms with Crippen molar-refractivity contribution >= 4 is 5.91 Å². The monoisotopic (exact) mass is 235 g/mol. The molecule has 6 heteroatoms. The summed E-state index contributed by atoms with van der Waals surface area (Å²) in [4.78, 5) is 18.1. The molecule has 0 unspecified atom stereocenters. The number of piperidine rings is 1. The van der Waals surface area contributed by atoms with Crippen molar-refractivity contribution in [1.29, 1.82) is 0 Å². The van der Waals surface area contributed by atoms with Crippen molar-refractivity contribution in [1.82, 2.24) is 25.4 Å². The summed E-state index contributed by atoms with van der Waals surface area (Å²) in [6.07, 6.45) is 6.14. The van der Waals surface area contributed by atoms with Crippen molar-refractivity contribution in [3.05, 3.63) is 12.2 Å². The highest BCUT2D eigenvalue weighted by Crippen LogP contribution is 2.29. The van der Waals surface area contributed by atoms with Gasteiger partial charge in [0.25, 0.3) is 5.91 Å². The van der Waals surface area contributed by atoms with Gasteiger partial charge in [0.1, 0.15) is 6.33 Å². The number of nitrogens with zero attached hydrogens (tertiary/aromatic N) is 3. The van der Waals surface area contributed by atoms with Crippen LogP contribution in [0.5, 0.6) is 0 Å². The van der Waals surface area contributed by atoms with Gasteiger partial charge in [0.15, 0.2) is 0 Å². The van der Waals surface area contributed by atoms with Gasteiger partial charge in [-0.05, 0) is 25.7 Å². The van der Waals surface area contributed by atoms with Crippen LogP contribution in [-0.4, -0.2) is 51.2 Å². The summed E-state index contributed by atoms with van der Waals surface area (Å²) in [5, 5.41) is 9.26. The molecule has 17 heavy (non-hydrogen) atoms. The summed E-state index contributed by atoms with van der Waals surface area (Å²) in [7, 11) is 0. The van der Waals surface area contributed by atoms with Crippen molar-refractivity contribution in [2.24, 2.45) is 0 Å². The maximum Gasteiger partial charge on any atom is 0.288 e. The maximum atomic E-state index is 11.7. The average molecular weight is 235 g/mol. The zero-order valence-corrected chi connectivity index (χ0v) is 9.72. The Labute approximate surface area is 99.8 Å². The fourth-order valence-corrected chi connectivity index (χ4v) is 2.42. The minimum Gasteiger partial charge on any atom is -0.347 e. The first kappa shape index (κ1) is 10.7. The first-order chi connectivity index (χ1) is 8.33. The topological polar surface area (TPSA) is 73.9 Å². The van der Waals surface area contributed by atoms with Gasteiger partial charge in [-0.1, -0.05) is 0 Å². The van der Waals surface area contributed by atoms with E-state index in [0.717, 1.165) is 32.0 Å². The molecule has 1 aromatic rings. The normalized spacial score (nSPS) is 22.6. The van der Waals surface area contributed by atoms with Crippen molar-refractivity contribution < 1.29 is 4.79 Å². The van der Waals surface area contributed by atoms with Gasteiger partial charge in [0, 0.05) is 25.2 Å². The Morgan fingerprint density at radius 1 is 1.35 bits per heavy atom. The van der Waals surface area contributed by atoms with Crippen LogP contribution in [0.25, 0.3) is 0 Å². The molecule has 0 bridgehead atoms. The Hall–Kier alpha value is -1.43. The van der Waals surface area contributed by atoms with E-state index in [1.54, 1.807) is 0 Å². The number of rotatable bonds is 3. The molecule has 1 aromatic heterocycles. The standard InChI is InChI=1S/C11H17N5O/c17-11(10-12-7-13-15-10)14-8-3-5-16(6-4-8)9-1-2-9/h7-9H,1-6H2,(H,14,17)(H,12,13,15). The van der Waals surface area contributed by atoms with E-state index in [1.165, 1.54) is 19.2 Å². The number of hydrogen-bond acceptors (Lipinski definition) is 4. The van der Waals surface area contributed by atoms with E-state index in [9.17, 15) is 4.79 Å². The van der Waals surface area contributed by atoms with Crippen LogP contribution >= 0.6 is 0 Å². The Morgan fingerprint density at radius 3 is 2.71 bits per heavy atom. The van der Waals surface area contributed by atoms with Crippen LogP contribution in [0.2, 0.25) is 0 Å². The molecule has 0 radical (unpaired) electrons. The van der Waals surface area contributed by atoms with Crippen LogP contribution < -0.4 is 5.32 Å². The van der Waals surface area contributed by atoms with Crippen molar-refractivity contribution in [2.45, 2.75) is 37.8 Å². The van der Waals surface area contributed by atoms with Gasteiger partial charge in [-0.3, -0.25) is 9.89 Å². The van der Waals surface area contributed by atoms with Gasteiger partial charge in [0.2, 0.25) is 5.82 Å². The first-order valence-corrected chi connectivity index (χ1v) is 6.23. The summed E-state index contributed by atoms with van der Waals surface area (Å²) in [5.41, 5.74) is 0. The number of amides is 1. The molecule has 0 aromatic carbocycles. The first-order valence-electron chi connectivity index (χ1n) is 6.23. The molecule has 6 nitrogen and oxygen atoms in total. The molecule has 0 spiro atoms. The molecule has 2 aliphatic rings. The number of carbonyl (C=O) groups is 1. The van der Waals surface area contributed by atoms with E-state index in [0.29, 0.717) is 5.82 Å². The van der Waals surface area contributed by atoms with E-state index >= 15 is 0 Å². The zero-order valence-electron chi connectivity index (χ0n) is 9.72. The molecular formula is C11H17N5O. The summed E-state index contributed by atoms with van der Waals surface area (Å²) < 4.78 is 0. The van der Waals surface area contributed by atoms with Gasteiger partial charge in [-0.2, -0.15) is 5.10 Å². The van der Waals surface area contributed by atoms with Crippen molar-refractivity contribution in [3.63, 3.8) is 0 Å². The summed E-state index contributed by atoms with van der Waals surface area (Å²) in [6, 6.07) is 1.11. The highest BCUT2D eigenvalue weighted by atomic mass is 16.2. The van der Waals surface area contributed by atoms with Crippen LogP contribution in [0.1, 0.15) is 36.3 Å². The molecule has 2 fully saturated rings. The van der Waals surface area contributed by atoms with Gasteiger partial charge in [-0.25, -0.2) is 4.98 Å². The minimum absolute atomic E-state index is 0.146. The Bertz CT molecular complexity index is 379. The predicted molar refractivity (Wildman–Crippen MR) is 61.5 cm³/mol. The van der Waals surface area contributed by atoms with Gasteiger partial charge in [0.05, 0.1) is 0 Å². The molecule has 2 N–H and O–H groups in total. The quantitative estimate of drug-likeness (QED) is 0.782. The number of H-pyrrole nitrogens is 1. The average Bonchev–Trinajstić information content (AvgIpc) is 3.05. The fraction of sp³-hybridized carbons (Fsp3) is 0.727. The van der Waals surface area contributed by atoms with Crippen molar-refractivity contribution in [3.8, 4) is 0 Å². The van der Waals surface area contributed by atoms with E-state index in [1.807, 2.05) is 0 Å². The minimum atomic E-state index is -0.146. The Morgan fingerprint density at radius 2 is 2.12 bits per heavy atom. The highest BCUT2D eigenvalue weighted by Gasteiger charge is 2.32. The van der Waals surface area contributed by atoms with E-state index in [2.05, 4.69) is 25.4 Å². The fourth-order valence-electron chi connectivity index (χ4n) is 2.42. The summed E-state index contributed by atoms with van der Waals surface area (Å²) in [5.74, 6) is 0.155. The van der Waals surface area contributed by atoms with E-state index in [-0.39, 0.29) is 11.9 Å². The lowest BCUT2D eigenvalue weighted by Crippen LogP contribution is -2.45. The zero-order chi connectivity index (χ0) is 11.7. The number of likely N-dealkylation sites (tertiary alicyclic amines) is 1. The molecule has 1 saturated heterocycles. The second kappa shape index (κ2) is 4.44. The summed E-state index contributed by atoms with van der Waals surface area (Å²) in [6.45, 7) is 2.21. The number of nitrogens with one attached hydrogen (secondary N) is 2. The van der Waals surface area contributed by atoms with Crippen LogP contribution in [0.4, 0.5) is 0 Å². The third-order valence-electron chi connectivity index (χ3n) is 3.56. The van der Waals surface area contributed by atoms with Crippen molar-refractivity contribution in [2.75, 3.05) is 13.1 Å². The lowest BCUT2D eigenvalue weighted by Gasteiger charge is -2.32. The molecule has 0 atom stereocenters. The second-order valence-corrected chi connectivity index (χ2v) is 4.85. The Kier molecular flexibility index (Phi) is 2.80. The largest absolute Gasteiger partial charge is 0.347 e. The predicted octanol–water partition coefficient (Wildman–Crippen LogP) is 0.161. The van der Waals surface area contributed by atoms with Crippen LogP contribution in [0, 0.1) is 0 Å². The number of aromatic amines is 1. The lowest BCUT2D eigenvalue weighted by molar-refractivity contribution is 0.0899. The van der Waals surface area contributed by atoms with E-state index in [4.69, 9.17) is 0 Å². The number of carbonyl (C=O) groups excluding carboxylic acids is 1. The molecule has 2 heterocycles. The van der Waals surface area contributed by atoms with Gasteiger partial charge < -0.3 is 10.2 Å². The third-order valence-corrected chi connectivity index (χ3v) is 3.56. The molecule has 1 saturated carbocycles. The lowest BCUT2D eigenvalue weighted by atomic mass is 10.0. The molecule has 1 aliphatic heterocycles. The second-order valence-electron chi connectivity index (χ2n) is 4.85.